The molecule has 0 radical (unpaired) electrons. The summed E-state index contributed by atoms with van der Waals surface area (Å²) in [5, 5.41) is 12.2. The number of hydrogen-bond donors (Lipinski definition) is 1. The summed E-state index contributed by atoms with van der Waals surface area (Å²) in [6.45, 7) is 6.05. The highest BCUT2D eigenvalue weighted by Crippen LogP contribution is 2.21. The highest BCUT2D eigenvalue weighted by molar-refractivity contribution is 7.99. The van der Waals surface area contributed by atoms with Crippen LogP contribution in [-0.2, 0) is 4.79 Å². The predicted octanol–water partition coefficient (Wildman–Crippen LogP) is 4.80. The lowest BCUT2D eigenvalue weighted by atomic mass is 10.1. The Labute approximate surface area is 158 Å². The van der Waals surface area contributed by atoms with Gasteiger partial charge >= 0.3 is 0 Å². The first-order valence-corrected chi connectivity index (χ1v) is 9.40. The van der Waals surface area contributed by atoms with Crippen LogP contribution in [0.5, 0.6) is 0 Å². The summed E-state index contributed by atoms with van der Waals surface area (Å²) in [4.78, 5) is 12.2. The number of nitrogens with zero attached hydrogens (tertiary/aromatic N) is 2. The zero-order valence-corrected chi connectivity index (χ0v) is 15.9. The zero-order valence-electron chi connectivity index (χ0n) is 15.1. The molecule has 0 aliphatic rings. The molecule has 0 saturated carbocycles. The van der Waals surface area contributed by atoms with Crippen LogP contribution in [0.15, 0.2) is 59.6 Å². The van der Waals surface area contributed by atoms with E-state index < -0.39 is 0 Å². The monoisotopic (exact) mass is 363 g/mol. The highest BCUT2D eigenvalue weighted by Gasteiger charge is 2.08. The lowest BCUT2D eigenvalue weighted by molar-refractivity contribution is -0.113. The van der Waals surface area contributed by atoms with Gasteiger partial charge in [-0.15, -0.1) is 10.2 Å². The molecule has 5 heteroatoms. The molecule has 1 aromatic heterocycles. The van der Waals surface area contributed by atoms with Crippen molar-refractivity contribution in [2.45, 2.75) is 25.8 Å². The number of carbonyl (C=O) groups excluding carboxylic acids is 1. The van der Waals surface area contributed by atoms with E-state index in [4.69, 9.17) is 0 Å². The average Bonchev–Trinajstić information content (AvgIpc) is 2.64. The Morgan fingerprint density at radius 2 is 1.65 bits per heavy atom. The van der Waals surface area contributed by atoms with Crippen molar-refractivity contribution >= 4 is 23.4 Å². The number of aryl methyl sites for hydroxylation is 3. The summed E-state index contributed by atoms with van der Waals surface area (Å²) in [5.74, 6) is 0.250. The Morgan fingerprint density at radius 3 is 2.35 bits per heavy atom. The molecule has 1 N–H and O–H groups in total. The third-order valence-electron chi connectivity index (χ3n) is 4.01. The molecule has 0 atom stereocenters. The molecule has 1 heterocycles. The molecule has 2 aromatic carbocycles. The van der Waals surface area contributed by atoms with Crippen molar-refractivity contribution < 1.29 is 4.79 Å². The summed E-state index contributed by atoms with van der Waals surface area (Å²) in [7, 11) is 0. The Hall–Kier alpha value is -2.66. The molecule has 0 fully saturated rings. The molecule has 132 valence electrons. The fraction of sp³-hybridized carbons (Fsp3) is 0.190. The van der Waals surface area contributed by atoms with E-state index in [9.17, 15) is 4.79 Å². The molecule has 0 aliphatic heterocycles. The van der Waals surface area contributed by atoms with E-state index in [2.05, 4.69) is 34.6 Å². The second kappa shape index (κ2) is 8.15. The van der Waals surface area contributed by atoms with Crippen LogP contribution in [0.25, 0.3) is 11.3 Å². The summed E-state index contributed by atoms with van der Waals surface area (Å²) in [6.07, 6.45) is 0. The van der Waals surface area contributed by atoms with E-state index in [1.165, 1.54) is 17.3 Å². The van der Waals surface area contributed by atoms with Crippen molar-refractivity contribution in [2.75, 3.05) is 11.1 Å². The smallest absolute Gasteiger partial charge is 0.234 e. The number of anilines is 1. The van der Waals surface area contributed by atoms with E-state index in [0.717, 1.165) is 33.1 Å². The minimum Gasteiger partial charge on any atom is -0.325 e. The van der Waals surface area contributed by atoms with Crippen LogP contribution >= 0.6 is 11.8 Å². The average molecular weight is 363 g/mol. The quantitative estimate of drug-likeness (QED) is 0.662. The normalized spacial score (nSPS) is 10.6. The van der Waals surface area contributed by atoms with Crippen LogP contribution in [0, 0.1) is 20.8 Å². The molecule has 3 aromatic rings. The fourth-order valence-electron chi connectivity index (χ4n) is 2.47. The van der Waals surface area contributed by atoms with Crippen LogP contribution in [0.4, 0.5) is 5.69 Å². The second-order valence-electron chi connectivity index (χ2n) is 6.28. The number of benzene rings is 2. The summed E-state index contributed by atoms with van der Waals surface area (Å²) in [5.41, 5.74) is 6.11. The van der Waals surface area contributed by atoms with Crippen molar-refractivity contribution in [1.82, 2.24) is 10.2 Å². The van der Waals surface area contributed by atoms with E-state index >= 15 is 0 Å². The Bertz CT molecular complexity index is 906. The van der Waals surface area contributed by atoms with Crippen molar-refractivity contribution in [3.8, 4) is 11.3 Å². The maximum atomic E-state index is 12.2. The first-order chi connectivity index (χ1) is 12.5. The molecule has 0 aliphatic carbocycles. The van der Waals surface area contributed by atoms with E-state index in [1.807, 2.05) is 56.3 Å². The van der Waals surface area contributed by atoms with Crippen molar-refractivity contribution in [3.63, 3.8) is 0 Å². The number of thioether (sulfide) groups is 1. The molecule has 0 bridgehead atoms. The van der Waals surface area contributed by atoms with Gasteiger partial charge in [-0.2, -0.15) is 0 Å². The van der Waals surface area contributed by atoms with Gasteiger partial charge in [0.2, 0.25) is 5.91 Å². The molecule has 26 heavy (non-hydrogen) atoms. The van der Waals surface area contributed by atoms with Crippen molar-refractivity contribution in [3.05, 3.63) is 71.3 Å². The van der Waals surface area contributed by atoms with Gasteiger partial charge in [-0.1, -0.05) is 53.7 Å². The van der Waals surface area contributed by atoms with Gasteiger partial charge in [-0.05, 0) is 50.1 Å². The van der Waals surface area contributed by atoms with Gasteiger partial charge in [-0.3, -0.25) is 4.79 Å². The largest absolute Gasteiger partial charge is 0.325 e. The van der Waals surface area contributed by atoms with Gasteiger partial charge < -0.3 is 5.32 Å². The maximum absolute atomic E-state index is 12.2. The molecule has 3 rings (SSSR count). The van der Waals surface area contributed by atoms with Gasteiger partial charge in [0.25, 0.3) is 0 Å². The summed E-state index contributed by atoms with van der Waals surface area (Å²) in [6, 6.07) is 18.0. The molecule has 0 saturated heterocycles. The summed E-state index contributed by atoms with van der Waals surface area (Å²) >= 11 is 1.38. The van der Waals surface area contributed by atoms with E-state index in [1.54, 1.807) is 0 Å². The predicted molar refractivity (Wildman–Crippen MR) is 107 cm³/mol. The number of amides is 1. The van der Waals surface area contributed by atoms with Crippen LogP contribution in [0.2, 0.25) is 0 Å². The Morgan fingerprint density at radius 1 is 0.923 bits per heavy atom. The third kappa shape index (κ3) is 4.70. The fourth-order valence-corrected chi connectivity index (χ4v) is 3.09. The first-order valence-electron chi connectivity index (χ1n) is 8.42. The molecule has 0 spiro atoms. The van der Waals surface area contributed by atoms with Crippen LogP contribution < -0.4 is 5.32 Å². The van der Waals surface area contributed by atoms with Crippen LogP contribution in [0.3, 0.4) is 0 Å². The molecular formula is C21H21N3OS. The second-order valence-corrected chi connectivity index (χ2v) is 7.27. The van der Waals surface area contributed by atoms with Gasteiger partial charge in [0, 0.05) is 11.3 Å². The molecule has 1 amide bonds. The number of hydrogen-bond acceptors (Lipinski definition) is 4. The van der Waals surface area contributed by atoms with E-state index in [-0.39, 0.29) is 5.91 Å². The number of carbonyl (C=O) groups is 1. The number of rotatable bonds is 5. The van der Waals surface area contributed by atoms with E-state index in [0.29, 0.717) is 5.75 Å². The number of aromatic nitrogens is 2. The standard InChI is InChI=1S/C21H21N3OS/c1-14-5-8-17(9-6-14)18-10-11-21(24-23-18)26-13-20(25)22-19-12-15(2)4-7-16(19)3/h4-12H,13H2,1-3H3,(H,22,25). The Balaban J connectivity index is 1.58. The molecular weight excluding hydrogens is 342 g/mol. The zero-order chi connectivity index (χ0) is 18.5. The van der Waals surface area contributed by atoms with Crippen molar-refractivity contribution in [1.29, 1.82) is 0 Å². The Kier molecular flexibility index (Phi) is 5.68. The van der Waals surface area contributed by atoms with Gasteiger partial charge in [0.05, 0.1) is 11.4 Å². The van der Waals surface area contributed by atoms with Crippen molar-refractivity contribution in [2.24, 2.45) is 0 Å². The lowest BCUT2D eigenvalue weighted by Gasteiger charge is -2.09. The lowest BCUT2D eigenvalue weighted by Crippen LogP contribution is -2.15. The minimum atomic E-state index is -0.0480. The topological polar surface area (TPSA) is 54.9 Å². The summed E-state index contributed by atoms with van der Waals surface area (Å²) < 4.78 is 0. The minimum absolute atomic E-state index is 0.0480. The van der Waals surface area contributed by atoms with Crippen LogP contribution in [-0.4, -0.2) is 21.9 Å². The number of nitrogens with one attached hydrogen (secondary N) is 1. The van der Waals surface area contributed by atoms with Crippen LogP contribution in [0.1, 0.15) is 16.7 Å². The van der Waals surface area contributed by atoms with Gasteiger partial charge in [0.1, 0.15) is 5.03 Å². The molecule has 4 nitrogen and oxygen atoms in total. The van der Waals surface area contributed by atoms with Gasteiger partial charge in [0.15, 0.2) is 0 Å². The highest BCUT2D eigenvalue weighted by atomic mass is 32.2. The maximum Gasteiger partial charge on any atom is 0.234 e. The SMILES string of the molecule is Cc1ccc(-c2ccc(SCC(=O)Nc3cc(C)ccc3C)nn2)cc1. The first kappa shape index (κ1) is 18.1. The third-order valence-corrected chi connectivity index (χ3v) is 4.93. The van der Waals surface area contributed by atoms with Gasteiger partial charge in [-0.25, -0.2) is 0 Å². The molecule has 0 unspecified atom stereocenters.